The van der Waals surface area contributed by atoms with Crippen molar-refractivity contribution in [3.63, 3.8) is 0 Å². The molecule has 0 aromatic heterocycles. The first-order valence-electron chi connectivity index (χ1n) is 17.5. The molecule has 3 unspecified atom stereocenters. The first kappa shape index (κ1) is 28.7. The minimum atomic E-state index is 0.144. The molecule has 0 amide bonds. The van der Waals surface area contributed by atoms with E-state index in [0.717, 1.165) is 17.8 Å². The molecule has 7 rings (SSSR count). The molecule has 0 heteroatoms. The second kappa shape index (κ2) is 9.46. The van der Waals surface area contributed by atoms with Gasteiger partial charge in [-0.05, 0) is 105 Å². The van der Waals surface area contributed by atoms with E-state index in [-0.39, 0.29) is 21.7 Å². The van der Waals surface area contributed by atoms with Crippen molar-refractivity contribution in [2.75, 3.05) is 0 Å². The zero-order chi connectivity index (χ0) is 29.8. The number of rotatable bonds is 2. The third kappa shape index (κ3) is 4.13. The highest BCUT2D eigenvalue weighted by Gasteiger charge is 2.63. The van der Waals surface area contributed by atoms with Crippen LogP contribution in [0, 0.1) is 28.6 Å². The van der Waals surface area contributed by atoms with Crippen molar-refractivity contribution in [1.82, 2.24) is 0 Å². The molecule has 2 fully saturated rings. The molecule has 5 aliphatic carbocycles. The third-order valence-electron chi connectivity index (χ3n) is 12.6. The van der Waals surface area contributed by atoms with Gasteiger partial charge in [-0.25, -0.2) is 0 Å². The van der Waals surface area contributed by atoms with Crippen molar-refractivity contribution in [1.29, 1.82) is 0 Å². The maximum Gasteiger partial charge on any atom is 0.0204 e. The topological polar surface area (TPSA) is 0 Å². The number of hydrogen-bond donors (Lipinski definition) is 0. The second-order valence-corrected chi connectivity index (χ2v) is 18.0. The molecule has 3 atom stereocenters. The third-order valence-corrected chi connectivity index (χ3v) is 12.6. The summed E-state index contributed by atoms with van der Waals surface area (Å²) in [5, 5.41) is 0. The number of fused-ring (bicyclic) bond motifs is 5. The van der Waals surface area contributed by atoms with Crippen molar-refractivity contribution in [2.24, 2.45) is 28.6 Å². The van der Waals surface area contributed by atoms with Crippen LogP contribution in [-0.2, 0) is 10.8 Å². The molecule has 0 N–H and O–H groups in total. The van der Waals surface area contributed by atoms with Gasteiger partial charge in [0.1, 0.15) is 0 Å². The molecule has 0 heterocycles. The lowest BCUT2D eigenvalue weighted by molar-refractivity contribution is 0.0705. The van der Waals surface area contributed by atoms with E-state index in [1.54, 1.807) is 27.8 Å². The summed E-state index contributed by atoms with van der Waals surface area (Å²) in [5.41, 5.74) is 15.5. The van der Waals surface area contributed by atoms with Crippen molar-refractivity contribution in [2.45, 2.75) is 137 Å². The maximum atomic E-state index is 2.80. The highest BCUT2D eigenvalue weighted by atomic mass is 14.7. The van der Waals surface area contributed by atoms with E-state index in [4.69, 9.17) is 0 Å². The molecule has 0 spiro atoms. The average molecular weight is 561 g/mol. The highest BCUT2D eigenvalue weighted by molar-refractivity contribution is 5.82. The Kier molecular flexibility index (Phi) is 6.46. The predicted octanol–water partition coefficient (Wildman–Crippen LogP) is 12.1. The second-order valence-electron chi connectivity index (χ2n) is 18.0. The number of allylic oxidation sites excluding steroid dienone is 4. The monoisotopic (exact) mass is 560 g/mol. The van der Waals surface area contributed by atoms with E-state index in [9.17, 15) is 0 Å². The fraction of sp³-hybridized carbons (Fsp3) is 0.619. The molecule has 0 bridgehead atoms. The smallest absolute Gasteiger partial charge is 0.0204 e. The molecular weight excluding hydrogens is 504 g/mol. The summed E-state index contributed by atoms with van der Waals surface area (Å²) in [4.78, 5) is 0. The summed E-state index contributed by atoms with van der Waals surface area (Å²) in [6.45, 7) is 21.7. The SMILES string of the molecule is CC(C)(C)C1=CC2=C(C1)C1CCCC1C2(C1CCCCC1)C1c2ccc(C(C)(C)C)cc2-c2cc(C(C)(C)C)ccc21. The molecule has 224 valence electrons. The Morgan fingerprint density at radius 3 is 1.71 bits per heavy atom. The van der Waals surface area contributed by atoms with Gasteiger partial charge in [0.2, 0.25) is 0 Å². The van der Waals surface area contributed by atoms with Crippen molar-refractivity contribution < 1.29 is 0 Å². The first-order valence-corrected chi connectivity index (χ1v) is 17.5. The molecule has 2 aromatic rings. The molecule has 2 saturated carbocycles. The lowest BCUT2D eigenvalue weighted by Gasteiger charge is -2.51. The molecule has 0 saturated heterocycles. The zero-order valence-corrected chi connectivity index (χ0v) is 28.2. The van der Waals surface area contributed by atoms with Gasteiger partial charge in [0.25, 0.3) is 0 Å². The van der Waals surface area contributed by atoms with Gasteiger partial charge in [0.05, 0.1) is 0 Å². The molecule has 5 aliphatic rings. The summed E-state index contributed by atoms with van der Waals surface area (Å²) in [5.74, 6) is 2.86. The van der Waals surface area contributed by atoms with Crippen LogP contribution in [0.4, 0.5) is 0 Å². The van der Waals surface area contributed by atoms with Crippen LogP contribution in [0.5, 0.6) is 0 Å². The normalized spacial score (nSPS) is 28.2. The van der Waals surface area contributed by atoms with Crippen LogP contribution in [0.25, 0.3) is 11.1 Å². The first-order chi connectivity index (χ1) is 19.7. The van der Waals surface area contributed by atoms with E-state index < -0.39 is 0 Å². The van der Waals surface area contributed by atoms with Crippen LogP contribution in [0.2, 0.25) is 0 Å². The summed E-state index contributed by atoms with van der Waals surface area (Å²) in [7, 11) is 0. The number of benzene rings is 2. The van der Waals surface area contributed by atoms with Gasteiger partial charge in [-0.1, -0.05) is 142 Å². The van der Waals surface area contributed by atoms with Gasteiger partial charge in [-0.15, -0.1) is 0 Å². The molecule has 42 heavy (non-hydrogen) atoms. The highest BCUT2D eigenvalue weighted by Crippen LogP contribution is 2.74. The van der Waals surface area contributed by atoms with Crippen LogP contribution in [0.1, 0.15) is 148 Å². The summed E-state index contributed by atoms with van der Waals surface area (Å²) in [6.07, 6.45) is 15.4. The summed E-state index contributed by atoms with van der Waals surface area (Å²) >= 11 is 0. The Balaban J connectivity index is 1.53. The zero-order valence-electron chi connectivity index (χ0n) is 28.2. The molecule has 0 nitrogen and oxygen atoms in total. The fourth-order valence-corrected chi connectivity index (χ4v) is 10.4. The van der Waals surface area contributed by atoms with Crippen LogP contribution >= 0.6 is 0 Å². The van der Waals surface area contributed by atoms with Crippen LogP contribution < -0.4 is 0 Å². The van der Waals surface area contributed by atoms with E-state index in [1.165, 1.54) is 68.9 Å². The Labute approximate surface area is 257 Å². The summed E-state index contributed by atoms with van der Waals surface area (Å²) in [6, 6.07) is 15.4. The van der Waals surface area contributed by atoms with Gasteiger partial charge < -0.3 is 0 Å². The maximum absolute atomic E-state index is 2.80. The van der Waals surface area contributed by atoms with E-state index in [0.29, 0.717) is 5.92 Å². The van der Waals surface area contributed by atoms with Crippen molar-refractivity contribution >= 4 is 0 Å². The Morgan fingerprint density at radius 1 is 0.619 bits per heavy atom. The van der Waals surface area contributed by atoms with Crippen LogP contribution in [0.15, 0.2) is 59.2 Å². The lowest BCUT2D eigenvalue weighted by atomic mass is 9.52. The molecule has 2 aromatic carbocycles. The minimum absolute atomic E-state index is 0.144. The van der Waals surface area contributed by atoms with Gasteiger partial charge in [-0.2, -0.15) is 0 Å². The van der Waals surface area contributed by atoms with Crippen LogP contribution in [0.3, 0.4) is 0 Å². The number of hydrogen-bond acceptors (Lipinski definition) is 0. The van der Waals surface area contributed by atoms with Gasteiger partial charge in [0, 0.05) is 11.3 Å². The molecular formula is C42H56. The minimum Gasteiger partial charge on any atom is -0.0605 e. The molecule has 0 aliphatic heterocycles. The standard InChI is InChI=1S/C42H56/c1-39(2,3)27-18-20-31-33(22-27)34-23-28(40(4,5)6)19-21-32(34)38(31)42(26-14-11-10-12-15-26)36-17-13-16-30(36)35-24-29(25-37(35)42)41(7,8)9/h18-23,25-26,30,36,38H,10-17,24H2,1-9H3. The fourth-order valence-electron chi connectivity index (χ4n) is 10.4. The predicted molar refractivity (Wildman–Crippen MR) is 180 cm³/mol. The van der Waals surface area contributed by atoms with Gasteiger partial charge in [0.15, 0.2) is 0 Å². The lowest BCUT2D eigenvalue weighted by Crippen LogP contribution is -2.43. The summed E-state index contributed by atoms with van der Waals surface area (Å²) < 4.78 is 0. The Bertz CT molecular complexity index is 1400. The van der Waals surface area contributed by atoms with E-state index in [1.807, 2.05) is 11.1 Å². The van der Waals surface area contributed by atoms with Crippen LogP contribution in [-0.4, -0.2) is 0 Å². The van der Waals surface area contributed by atoms with Crippen molar-refractivity contribution in [3.8, 4) is 11.1 Å². The van der Waals surface area contributed by atoms with Crippen molar-refractivity contribution in [3.05, 3.63) is 81.4 Å². The van der Waals surface area contributed by atoms with Gasteiger partial charge in [-0.3, -0.25) is 0 Å². The largest absolute Gasteiger partial charge is 0.0605 e. The Morgan fingerprint density at radius 2 is 1.19 bits per heavy atom. The van der Waals surface area contributed by atoms with E-state index >= 15 is 0 Å². The Hall–Kier alpha value is -2.08. The van der Waals surface area contributed by atoms with E-state index in [2.05, 4.69) is 105 Å². The average Bonchev–Trinajstić information content (AvgIpc) is 3.68. The quantitative estimate of drug-likeness (QED) is 0.343. The molecule has 0 radical (unpaired) electrons. The van der Waals surface area contributed by atoms with Gasteiger partial charge >= 0.3 is 0 Å².